The predicted molar refractivity (Wildman–Crippen MR) is 120 cm³/mol. The first-order valence-corrected chi connectivity index (χ1v) is 10.7. The molecule has 5 nitrogen and oxygen atoms in total. The minimum atomic E-state index is -0.188. The first-order chi connectivity index (χ1) is 14.7. The van der Waals surface area contributed by atoms with Crippen molar-refractivity contribution in [3.8, 4) is 16.9 Å². The van der Waals surface area contributed by atoms with Crippen LogP contribution >= 0.6 is 11.3 Å². The Hall–Kier alpha value is -3.51. The number of hydrogen-bond acceptors (Lipinski definition) is 4. The molecule has 5 rings (SSSR count). The Balaban J connectivity index is 1.62. The molecule has 1 amide bonds. The van der Waals surface area contributed by atoms with Gasteiger partial charge in [0.1, 0.15) is 0 Å². The summed E-state index contributed by atoms with van der Waals surface area (Å²) >= 11 is 1.64. The van der Waals surface area contributed by atoms with Gasteiger partial charge in [-0.3, -0.25) is 4.79 Å². The van der Waals surface area contributed by atoms with E-state index in [4.69, 9.17) is 5.10 Å². The third kappa shape index (κ3) is 3.35. The van der Waals surface area contributed by atoms with E-state index in [2.05, 4.69) is 23.3 Å². The van der Waals surface area contributed by atoms with Gasteiger partial charge in [-0.15, -0.1) is 11.3 Å². The number of nitrogens with zero attached hydrogens (tertiary/aromatic N) is 4. The summed E-state index contributed by atoms with van der Waals surface area (Å²) in [6.45, 7) is 1.57. The van der Waals surface area contributed by atoms with Crippen molar-refractivity contribution >= 4 is 23.0 Å². The Morgan fingerprint density at radius 2 is 1.73 bits per heavy atom. The smallest absolute Gasteiger partial charge is 0.240 e. The van der Waals surface area contributed by atoms with E-state index in [1.54, 1.807) is 23.3 Å². The molecule has 0 fully saturated rings. The lowest BCUT2D eigenvalue weighted by Gasteiger charge is -2.20. The van der Waals surface area contributed by atoms with Gasteiger partial charge in [0, 0.05) is 30.7 Å². The SMILES string of the molecule is CC(=O)N1N=C(c2cccs2)CC1c1cn(-c2ccccc2)nc1-c1ccccc1. The molecule has 6 heteroatoms. The number of para-hydroxylation sites is 1. The summed E-state index contributed by atoms with van der Waals surface area (Å²) in [6.07, 6.45) is 2.70. The van der Waals surface area contributed by atoms with E-state index >= 15 is 0 Å². The highest BCUT2D eigenvalue weighted by molar-refractivity contribution is 7.12. The van der Waals surface area contributed by atoms with Crippen molar-refractivity contribution in [3.05, 3.63) is 94.8 Å². The van der Waals surface area contributed by atoms with Crippen LogP contribution in [0.4, 0.5) is 0 Å². The number of benzene rings is 2. The lowest BCUT2D eigenvalue weighted by Crippen LogP contribution is -2.24. The van der Waals surface area contributed by atoms with Gasteiger partial charge in [0.2, 0.25) is 5.91 Å². The summed E-state index contributed by atoms with van der Waals surface area (Å²) in [6, 6.07) is 24.0. The number of thiophene rings is 1. The topological polar surface area (TPSA) is 50.5 Å². The van der Waals surface area contributed by atoms with Crippen LogP contribution in [0.15, 0.2) is 89.5 Å². The molecule has 1 aliphatic rings. The van der Waals surface area contributed by atoms with Gasteiger partial charge in [-0.2, -0.15) is 10.2 Å². The summed E-state index contributed by atoms with van der Waals surface area (Å²) in [4.78, 5) is 13.6. The van der Waals surface area contributed by atoms with Crippen LogP contribution < -0.4 is 0 Å². The Morgan fingerprint density at radius 3 is 2.40 bits per heavy atom. The molecule has 1 unspecified atom stereocenters. The maximum Gasteiger partial charge on any atom is 0.240 e. The molecule has 148 valence electrons. The summed E-state index contributed by atoms with van der Waals surface area (Å²) in [5, 5.41) is 13.2. The summed E-state index contributed by atoms with van der Waals surface area (Å²) in [5.41, 5.74) is 4.81. The number of amides is 1. The monoisotopic (exact) mass is 412 g/mol. The Labute approximate surface area is 178 Å². The molecule has 2 aromatic heterocycles. The molecule has 1 atom stereocenters. The fourth-order valence-electron chi connectivity index (χ4n) is 3.80. The molecule has 0 spiro atoms. The Kier molecular flexibility index (Phi) is 4.77. The van der Waals surface area contributed by atoms with Crippen LogP contribution in [-0.2, 0) is 4.79 Å². The predicted octanol–water partition coefficient (Wildman–Crippen LogP) is 5.30. The van der Waals surface area contributed by atoms with Crippen molar-refractivity contribution in [1.82, 2.24) is 14.8 Å². The zero-order chi connectivity index (χ0) is 20.5. The average Bonchev–Trinajstić information content (AvgIpc) is 3.53. The number of rotatable bonds is 4. The first kappa shape index (κ1) is 18.5. The highest BCUT2D eigenvalue weighted by atomic mass is 32.1. The first-order valence-electron chi connectivity index (χ1n) is 9.82. The van der Waals surface area contributed by atoms with Crippen molar-refractivity contribution in [2.45, 2.75) is 19.4 Å². The second-order valence-electron chi connectivity index (χ2n) is 7.19. The van der Waals surface area contributed by atoms with Gasteiger partial charge >= 0.3 is 0 Å². The molecule has 1 aliphatic heterocycles. The molecule has 30 heavy (non-hydrogen) atoms. The van der Waals surface area contributed by atoms with E-state index in [1.807, 2.05) is 70.9 Å². The van der Waals surface area contributed by atoms with Crippen LogP contribution in [0.2, 0.25) is 0 Å². The fourth-order valence-corrected chi connectivity index (χ4v) is 4.52. The molecular weight excluding hydrogens is 392 g/mol. The molecule has 0 N–H and O–H groups in total. The summed E-state index contributed by atoms with van der Waals surface area (Å²) < 4.78 is 1.89. The van der Waals surface area contributed by atoms with E-state index in [0.29, 0.717) is 6.42 Å². The van der Waals surface area contributed by atoms with Crippen LogP contribution in [0.1, 0.15) is 29.8 Å². The Morgan fingerprint density at radius 1 is 1.00 bits per heavy atom. The zero-order valence-electron chi connectivity index (χ0n) is 16.5. The van der Waals surface area contributed by atoms with Crippen LogP contribution in [0.3, 0.4) is 0 Å². The lowest BCUT2D eigenvalue weighted by atomic mass is 9.98. The van der Waals surface area contributed by atoms with Gasteiger partial charge in [0.05, 0.1) is 28.0 Å². The van der Waals surface area contributed by atoms with E-state index in [0.717, 1.165) is 33.1 Å². The largest absolute Gasteiger partial charge is 0.273 e. The minimum Gasteiger partial charge on any atom is -0.273 e. The molecule has 0 aliphatic carbocycles. The highest BCUT2D eigenvalue weighted by Gasteiger charge is 2.35. The third-order valence-corrected chi connectivity index (χ3v) is 6.13. The molecule has 2 aromatic carbocycles. The van der Waals surface area contributed by atoms with Gasteiger partial charge in [-0.1, -0.05) is 54.6 Å². The highest BCUT2D eigenvalue weighted by Crippen LogP contribution is 2.38. The van der Waals surface area contributed by atoms with Gasteiger partial charge < -0.3 is 0 Å². The van der Waals surface area contributed by atoms with Crippen LogP contribution in [0.25, 0.3) is 16.9 Å². The molecule has 0 radical (unpaired) electrons. The van der Waals surface area contributed by atoms with Crippen LogP contribution in [0.5, 0.6) is 0 Å². The fraction of sp³-hybridized carbons (Fsp3) is 0.125. The number of carbonyl (C=O) groups is 1. The minimum absolute atomic E-state index is 0.0713. The molecule has 0 bridgehead atoms. The number of hydrazone groups is 1. The number of aromatic nitrogens is 2. The van der Waals surface area contributed by atoms with Crippen molar-refractivity contribution in [1.29, 1.82) is 0 Å². The van der Waals surface area contributed by atoms with Crippen molar-refractivity contribution in [3.63, 3.8) is 0 Å². The molecule has 0 saturated carbocycles. The third-order valence-electron chi connectivity index (χ3n) is 5.21. The van der Waals surface area contributed by atoms with Crippen LogP contribution in [-0.4, -0.2) is 26.4 Å². The maximum absolute atomic E-state index is 12.5. The van der Waals surface area contributed by atoms with Gasteiger partial charge in [-0.05, 0) is 23.6 Å². The normalized spacial score (nSPS) is 16.0. The number of hydrogen-bond donors (Lipinski definition) is 0. The molecule has 0 saturated heterocycles. The molecule has 3 heterocycles. The van der Waals surface area contributed by atoms with E-state index in [1.165, 1.54) is 0 Å². The second kappa shape index (κ2) is 7.72. The van der Waals surface area contributed by atoms with Crippen LogP contribution in [0, 0.1) is 0 Å². The van der Waals surface area contributed by atoms with E-state index in [9.17, 15) is 4.79 Å². The number of carbonyl (C=O) groups excluding carboxylic acids is 1. The summed E-state index contributed by atoms with van der Waals surface area (Å²) in [7, 11) is 0. The van der Waals surface area contributed by atoms with E-state index < -0.39 is 0 Å². The van der Waals surface area contributed by atoms with Crippen molar-refractivity contribution in [2.75, 3.05) is 0 Å². The second-order valence-corrected chi connectivity index (χ2v) is 8.13. The maximum atomic E-state index is 12.5. The van der Waals surface area contributed by atoms with Crippen molar-refractivity contribution < 1.29 is 4.79 Å². The zero-order valence-corrected chi connectivity index (χ0v) is 17.3. The van der Waals surface area contributed by atoms with Crippen molar-refractivity contribution in [2.24, 2.45) is 5.10 Å². The van der Waals surface area contributed by atoms with Gasteiger partial charge in [0.15, 0.2) is 0 Å². The standard InChI is InChI=1S/C24H20N4OS/c1-17(29)28-22(15-21(25-28)23-13-8-14-30-23)20-16-27(19-11-6-3-7-12-19)26-24(20)18-9-4-2-5-10-18/h2-14,16,22H,15H2,1H3. The molecular formula is C24H20N4OS. The molecule has 4 aromatic rings. The van der Waals surface area contributed by atoms with Gasteiger partial charge in [0.25, 0.3) is 0 Å². The average molecular weight is 413 g/mol. The quantitative estimate of drug-likeness (QED) is 0.457. The summed E-state index contributed by atoms with van der Waals surface area (Å²) in [5.74, 6) is -0.0713. The lowest BCUT2D eigenvalue weighted by molar-refractivity contribution is -0.130. The van der Waals surface area contributed by atoms with Gasteiger partial charge in [-0.25, -0.2) is 9.69 Å². The Bertz CT molecular complexity index is 1200. The van der Waals surface area contributed by atoms with E-state index in [-0.39, 0.29) is 11.9 Å².